The van der Waals surface area contributed by atoms with E-state index >= 15 is 0 Å². The minimum absolute atomic E-state index is 0.174. The lowest BCUT2D eigenvalue weighted by Crippen LogP contribution is -2.56. The van der Waals surface area contributed by atoms with E-state index in [0.29, 0.717) is 5.69 Å². The Balaban J connectivity index is 1.18. The van der Waals surface area contributed by atoms with Gasteiger partial charge < -0.3 is 4.90 Å². The van der Waals surface area contributed by atoms with Crippen molar-refractivity contribution in [1.82, 2.24) is 0 Å². The van der Waals surface area contributed by atoms with E-state index in [0.717, 1.165) is 39.2 Å². The SMILES string of the molecule is [B]c1c([B])c([B])c(N(c2ccc(-c3ccccc3)cc2)c2ccc3c(c2)C2(c4ccccc4-c4ccccc42)c2ccc(-c4ccc5ccccc5c4)cc2-3)c([B])c1[B]. The lowest BCUT2D eigenvalue weighted by Gasteiger charge is -2.34. The summed E-state index contributed by atoms with van der Waals surface area (Å²) in [6.45, 7) is 0. The Morgan fingerprint density at radius 3 is 1.49 bits per heavy atom. The molecule has 1 spiro atoms. The molecule has 11 rings (SSSR count). The Morgan fingerprint density at radius 2 is 0.797 bits per heavy atom. The Labute approximate surface area is 351 Å². The van der Waals surface area contributed by atoms with E-state index in [2.05, 4.69) is 169 Å². The third-order valence-electron chi connectivity index (χ3n) is 12.5. The van der Waals surface area contributed by atoms with Crippen LogP contribution < -0.4 is 32.2 Å². The Bertz CT molecular complexity index is 3100. The zero-order chi connectivity index (χ0) is 40.0. The third-order valence-corrected chi connectivity index (χ3v) is 12.5. The summed E-state index contributed by atoms with van der Waals surface area (Å²) in [5.74, 6) is 0. The molecule has 0 amide bonds. The Kier molecular flexibility index (Phi) is 8.11. The molecule has 0 bridgehead atoms. The van der Waals surface area contributed by atoms with E-state index in [1.807, 2.05) is 18.2 Å². The van der Waals surface area contributed by atoms with Crippen LogP contribution in [0.15, 0.2) is 182 Å². The van der Waals surface area contributed by atoms with Gasteiger partial charge in [-0.2, -0.15) is 0 Å². The van der Waals surface area contributed by atoms with Gasteiger partial charge in [0, 0.05) is 17.1 Å². The van der Waals surface area contributed by atoms with Crippen molar-refractivity contribution in [2.24, 2.45) is 0 Å². The fourth-order valence-electron chi connectivity index (χ4n) is 9.74. The van der Waals surface area contributed by atoms with Crippen LogP contribution in [0.25, 0.3) is 55.3 Å². The van der Waals surface area contributed by atoms with Crippen molar-refractivity contribution >= 4 is 94.4 Å². The zero-order valence-corrected chi connectivity index (χ0v) is 32.2. The lowest BCUT2D eigenvalue weighted by molar-refractivity contribution is 0.794. The molecule has 2 aliphatic carbocycles. The van der Waals surface area contributed by atoms with Crippen molar-refractivity contribution in [2.75, 3.05) is 4.90 Å². The number of hydrogen-bond donors (Lipinski definition) is 0. The van der Waals surface area contributed by atoms with Crippen LogP contribution in [0.4, 0.5) is 17.1 Å². The molecule has 9 aromatic carbocycles. The second-order valence-corrected chi connectivity index (χ2v) is 15.6. The number of fused-ring (bicyclic) bond motifs is 11. The molecular formula is C53H30B5N. The number of nitrogens with zero attached hydrogens (tertiary/aromatic N) is 1. The Morgan fingerprint density at radius 1 is 0.305 bits per heavy atom. The van der Waals surface area contributed by atoms with Gasteiger partial charge in [0.1, 0.15) is 39.2 Å². The van der Waals surface area contributed by atoms with Crippen LogP contribution in [-0.2, 0) is 5.41 Å². The molecule has 0 fully saturated rings. The molecule has 6 heteroatoms. The first-order valence-corrected chi connectivity index (χ1v) is 19.8. The second-order valence-electron chi connectivity index (χ2n) is 15.6. The summed E-state index contributed by atoms with van der Waals surface area (Å²) in [6, 6.07) is 65.2. The minimum atomic E-state index is -0.602. The fourth-order valence-corrected chi connectivity index (χ4v) is 9.74. The molecule has 10 radical (unpaired) electrons. The van der Waals surface area contributed by atoms with Crippen LogP contribution in [0.3, 0.4) is 0 Å². The molecule has 262 valence electrons. The molecule has 1 nitrogen and oxygen atoms in total. The van der Waals surface area contributed by atoms with E-state index < -0.39 is 5.41 Å². The summed E-state index contributed by atoms with van der Waals surface area (Å²) in [6.07, 6.45) is 0. The molecule has 0 unspecified atom stereocenters. The number of benzene rings is 9. The first kappa shape index (κ1) is 35.5. The highest BCUT2D eigenvalue weighted by Gasteiger charge is 2.51. The molecule has 0 aliphatic heterocycles. The first-order chi connectivity index (χ1) is 28.8. The third kappa shape index (κ3) is 5.19. The van der Waals surface area contributed by atoms with Gasteiger partial charge in [-0.25, -0.2) is 0 Å². The summed E-state index contributed by atoms with van der Waals surface area (Å²) >= 11 is 0. The van der Waals surface area contributed by atoms with Crippen molar-refractivity contribution in [2.45, 2.75) is 5.41 Å². The van der Waals surface area contributed by atoms with E-state index in [-0.39, 0.29) is 27.3 Å². The van der Waals surface area contributed by atoms with Gasteiger partial charge in [-0.15, -0.1) is 16.4 Å². The molecule has 0 heterocycles. The van der Waals surface area contributed by atoms with Crippen molar-refractivity contribution < 1.29 is 0 Å². The average molecular weight is 735 g/mol. The zero-order valence-electron chi connectivity index (χ0n) is 32.2. The van der Waals surface area contributed by atoms with Crippen molar-refractivity contribution in [3.05, 3.63) is 204 Å². The summed E-state index contributed by atoms with van der Waals surface area (Å²) in [4.78, 5) is 2.07. The van der Waals surface area contributed by atoms with Crippen LogP contribution in [0.1, 0.15) is 22.3 Å². The van der Waals surface area contributed by atoms with E-state index in [9.17, 15) is 0 Å². The maximum atomic E-state index is 6.90. The molecule has 0 saturated carbocycles. The average Bonchev–Trinajstić information content (AvgIpc) is 3.76. The van der Waals surface area contributed by atoms with Crippen LogP contribution in [-0.4, -0.2) is 39.2 Å². The van der Waals surface area contributed by atoms with Crippen LogP contribution in [0.5, 0.6) is 0 Å². The van der Waals surface area contributed by atoms with Gasteiger partial charge in [0.2, 0.25) is 0 Å². The van der Waals surface area contributed by atoms with Gasteiger partial charge in [-0.3, -0.25) is 0 Å². The minimum Gasteiger partial charge on any atom is -0.312 e. The van der Waals surface area contributed by atoms with Crippen molar-refractivity contribution in [3.8, 4) is 44.5 Å². The van der Waals surface area contributed by atoms with Gasteiger partial charge in [-0.05, 0) is 114 Å². The van der Waals surface area contributed by atoms with Gasteiger partial charge in [-0.1, -0.05) is 157 Å². The van der Waals surface area contributed by atoms with E-state index in [1.54, 1.807) is 0 Å². The summed E-state index contributed by atoms with van der Waals surface area (Å²) in [5.41, 5.74) is 16.9. The van der Waals surface area contributed by atoms with Gasteiger partial charge in [0.05, 0.1) is 5.41 Å². The highest BCUT2D eigenvalue weighted by atomic mass is 15.1. The van der Waals surface area contributed by atoms with Gasteiger partial charge in [0.15, 0.2) is 0 Å². The number of hydrogen-bond acceptors (Lipinski definition) is 1. The lowest BCUT2D eigenvalue weighted by atomic mass is 9.61. The van der Waals surface area contributed by atoms with Crippen LogP contribution in [0, 0.1) is 0 Å². The Hall–Kier alpha value is -6.64. The molecular weight excluding hydrogens is 705 g/mol. The van der Waals surface area contributed by atoms with Crippen LogP contribution >= 0.6 is 0 Å². The second kappa shape index (κ2) is 13.5. The molecule has 0 saturated heterocycles. The summed E-state index contributed by atoms with van der Waals surface area (Å²) < 4.78 is 0. The summed E-state index contributed by atoms with van der Waals surface area (Å²) in [7, 11) is 33.3. The molecule has 0 N–H and O–H groups in total. The van der Waals surface area contributed by atoms with Gasteiger partial charge >= 0.3 is 0 Å². The molecule has 2 aliphatic rings. The fraction of sp³-hybridized carbons (Fsp3) is 0.0189. The van der Waals surface area contributed by atoms with E-state index in [4.69, 9.17) is 39.2 Å². The van der Waals surface area contributed by atoms with Crippen LogP contribution in [0.2, 0.25) is 0 Å². The molecule has 9 aromatic rings. The highest BCUT2D eigenvalue weighted by Crippen LogP contribution is 2.63. The van der Waals surface area contributed by atoms with Gasteiger partial charge in [0.25, 0.3) is 0 Å². The van der Waals surface area contributed by atoms with E-state index in [1.165, 1.54) is 49.7 Å². The number of rotatable bonds is 5. The maximum Gasteiger partial charge on any atom is 0.115 e. The molecule has 0 atom stereocenters. The summed E-state index contributed by atoms with van der Waals surface area (Å²) in [5, 5.41) is 2.43. The topological polar surface area (TPSA) is 3.24 Å². The smallest absolute Gasteiger partial charge is 0.115 e. The molecule has 0 aromatic heterocycles. The standard InChI is InChI=1S/C53H30B5N/c54-47-48(55)50(57)52(51(58)49(47)56)59(37-23-20-33(21-24-37)31-10-2-1-3-11-31)38-25-26-41-42-29-36(35-19-18-32-12-4-5-13-34(32)28-35)22-27-45(42)53(46(41)30-38)43-16-8-6-14-39(43)40-15-7-9-17-44(40)53/h1-30H. The van der Waals surface area contributed by atoms with Crippen molar-refractivity contribution in [1.29, 1.82) is 0 Å². The highest BCUT2D eigenvalue weighted by molar-refractivity contribution is 6.69. The predicted octanol–water partition coefficient (Wildman–Crippen LogP) is 7.96. The number of anilines is 3. The largest absolute Gasteiger partial charge is 0.312 e. The van der Waals surface area contributed by atoms with Crippen molar-refractivity contribution in [3.63, 3.8) is 0 Å². The monoisotopic (exact) mass is 735 g/mol. The maximum absolute atomic E-state index is 6.90. The quantitative estimate of drug-likeness (QED) is 0.162. The normalized spacial score (nSPS) is 12.9. The predicted molar refractivity (Wildman–Crippen MR) is 253 cm³/mol. The first-order valence-electron chi connectivity index (χ1n) is 19.8. The molecule has 59 heavy (non-hydrogen) atoms.